The van der Waals surface area contributed by atoms with Crippen LogP contribution in [0, 0.1) is 0 Å². The Hall–Kier alpha value is -0.480. The predicted molar refractivity (Wildman–Crippen MR) is 95.3 cm³/mol. The summed E-state index contributed by atoms with van der Waals surface area (Å²) in [6.45, 7) is -0.455. The lowest BCUT2D eigenvalue weighted by molar-refractivity contribution is -0.367. The van der Waals surface area contributed by atoms with Crippen LogP contribution in [0.15, 0.2) is 0 Å². The Balaban J connectivity index is 2.07. The topological polar surface area (TPSA) is 205 Å². The molecule has 2 fully saturated rings. The second kappa shape index (κ2) is 11.8. The summed E-state index contributed by atoms with van der Waals surface area (Å²) in [5.41, 5.74) is 5.44. The Morgan fingerprint density at radius 3 is 1.86 bits per heavy atom. The van der Waals surface area contributed by atoms with Crippen molar-refractivity contribution in [2.75, 3.05) is 26.4 Å². The molecule has 0 aromatic heterocycles. The lowest BCUT2D eigenvalue weighted by Crippen LogP contribution is -2.64. The van der Waals surface area contributed by atoms with Crippen molar-refractivity contribution in [3.8, 4) is 0 Å². The molecular weight excluding hydrogens is 394 g/mol. The summed E-state index contributed by atoms with van der Waals surface area (Å²) in [4.78, 5) is 0. The average molecular weight is 427 g/mol. The van der Waals surface area contributed by atoms with E-state index < -0.39 is 74.6 Å². The van der Waals surface area contributed by atoms with Crippen molar-refractivity contribution >= 4 is 0 Å². The molecule has 0 bridgehead atoms. The SMILES string of the molecule is NCCCCCOC1O[C@@H](CO)C(O)[C@H](O)C1O[C@H]1OC(CO)[C@@H](O)C(O)C1O. The largest absolute Gasteiger partial charge is 0.394 e. The number of nitrogens with two attached hydrogens (primary N) is 1. The summed E-state index contributed by atoms with van der Waals surface area (Å²) in [6.07, 6.45) is -12.2. The molecule has 2 aliphatic heterocycles. The van der Waals surface area contributed by atoms with E-state index in [-0.39, 0.29) is 6.61 Å². The van der Waals surface area contributed by atoms with E-state index in [1.165, 1.54) is 0 Å². The zero-order valence-corrected chi connectivity index (χ0v) is 16.1. The van der Waals surface area contributed by atoms with Gasteiger partial charge in [0, 0.05) is 6.61 Å². The molecule has 0 spiro atoms. The van der Waals surface area contributed by atoms with Gasteiger partial charge in [-0.05, 0) is 25.8 Å². The van der Waals surface area contributed by atoms with Crippen molar-refractivity contribution in [1.29, 1.82) is 0 Å². The van der Waals surface area contributed by atoms with Crippen LogP contribution in [0.5, 0.6) is 0 Å². The molecule has 9 N–H and O–H groups in total. The van der Waals surface area contributed by atoms with Gasteiger partial charge >= 0.3 is 0 Å². The van der Waals surface area contributed by atoms with Gasteiger partial charge in [-0.15, -0.1) is 0 Å². The third kappa shape index (κ3) is 6.03. The highest BCUT2D eigenvalue weighted by Gasteiger charge is 2.50. The molecule has 29 heavy (non-hydrogen) atoms. The molecule has 0 radical (unpaired) electrons. The minimum Gasteiger partial charge on any atom is -0.394 e. The number of ether oxygens (including phenoxy) is 4. The third-order valence-corrected chi connectivity index (χ3v) is 5.09. The van der Waals surface area contributed by atoms with E-state index in [0.29, 0.717) is 13.0 Å². The van der Waals surface area contributed by atoms with Crippen LogP contribution >= 0.6 is 0 Å². The maximum absolute atomic E-state index is 10.4. The molecule has 172 valence electrons. The van der Waals surface area contributed by atoms with E-state index in [1.54, 1.807) is 0 Å². The summed E-state index contributed by atoms with van der Waals surface area (Å²) >= 11 is 0. The summed E-state index contributed by atoms with van der Waals surface area (Å²) in [5, 5.41) is 69.1. The minimum atomic E-state index is -1.70. The molecule has 2 heterocycles. The number of rotatable bonds is 10. The van der Waals surface area contributed by atoms with Crippen molar-refractivity contribution in [3.05, 3.63) is 0 Å². The van der Waals surface area contributed by atoms with Crippen LogP contribution in [0.3, 0.4) is 0 Å². The smallest absolute Gasteiger partial charge is 0.187 e. The van der Waals surface area contributed by atoms with Gasteiger partial charge in [0.1, 0.15) is 48.8 Å². The van der Waals surface area contributed by atoms with Gasteiger partial charge < -0.3 is 60.4 Å². The Kier molecular flexibility index (Phi) is 10.1. The molecule has 10 atom stereocenters. The van der Waals surface area contributed by atoms with Gasteiger partial charge in [0.05, 0.1) is 13.2 Å². The summed E-state index contributed by atoms with van der Waals surface area (Å²) in [6, 6.07) is 0. The molecule has 2 saturated heterocycles. The molecule has 0 aliphatic carbocycles. The highest BCUT2D eigenvalue weighted by Crippen LogP contribution is 2.29. The Bertz CT molecular complexity index is 471. The molecule has 0 aromatic rings. The zero-order chi connectivity index (χ0) is 21.6. The van der Waals surface area contributed by atoms with E-state index in [4.69, 9.17) is 24.7 Å². The molecule has 12 nitrogen and oxygen atoms in total. The van der Waals surface area contributed by atoms with Crippen LogP contribution in [0.1, 0.15) is 19.3 Å². The molecule has 6 unspecified atom stereocenters. The molecule has 0 amide bonds. The standard InChI is InChI=1S/C17H33NO11/c18-4-2-1-3-5-26-17-15(13(24)11(22)9(7-20)28-17)29-16-14(25)12(23)10(21)8(6-19)27-16/h8-17,19-25H,1-7,18H2/t8?,9-,10+,11?,12?,13-,14?,15?,16+,17?/m0/s1. The minimum absolute atomic E-state index is 0.222. The van der Waals surface area contributed by atoms with E-state index in [2.05, 4.69) is 0 Å². The van der Waals surface area contributed by atoms with Crippen LogP contribution in [-0.4, -0.2) is 124 Å². The van der Waals surface area contributed by atoms with Gasteiger partial charge in [-0.1, -0.05) is 0 Å². The second-order valence-corrected chi connectivity index (χ2v) is 7.22. The van der Waals surface area contributed by atoms with Crippen LogP contribution in [-0.2, 0) is 18.9 Å². The van der Waals surface area contributed by atoms with Crippen molar-refractivity contribution in [2.24, 2.45) is 5.73 Å². The van der Waals surface area contributed by atoms with Gasteiger partial charge in [-0.3, -0.25) is 0 Å². The normalized spacial score (nSPS) is 43.4. The number of aliphatic hydroxyl groups excluding tert-OH is 7. The van der Waals surface area contributed by atoms with E-state index in [0.717, 1.165) is 12.8 Å². The Morgan fingerprint density at radius 1 is 0.690 bits per heavy atom. The fourth-order valence-electron chi connectivity index (χ4n) is 3.29. The van der Waals surface area contributed by atoms with E-state index in [1.807, 2.05) is 0 Å². The molecule has 12 heteroatoms. The van der Waals surface area contributed by atoms with Crippen LogP contribution in [0.4, 0.5) is 0 Å². The summed E-state index contributed by atoms with van der Waals surface area (Å²) in [7, 11) is 0. The fraction of sp³-hybridized carbons (Fsp3) is 1.00. The first-order chi connectivity index (χ1) is 13.8. The Morgan fingerprint density at radius 2 is 1.28 bits per heavy atom. The van der Waals surface area contributed by atoms with Crippen molar-refractivity contribution < 1.29 is 54.7 Å². The molecular formula is C17H33NO11. The molecule has 2 rings (SSSR count). The monoisotopic (exact) mass is 427 g/mol. The van der Waals surface area contributed by atoms with Gasteiger partial charge in [0.2, 0.25) is 0 Å². The van der Waals surface area contributed by atoms with Gasteiger partial charge in [0.15, 0.2) is 12.6 Å². The van der Waals surface area contributed by atoms with E-state index in [9.17, 15) is 35.7 Å². The average Bonchev–Trinajstić information content (AvgIpc) is 2.72. The molecule has 2 aliphatic rings. The quantitative estimate of drug-likeness (QED) is 0.156. The summed E-state index contributed by atoms with van der Waals surface area (Å²) < 4.78 is 21.9. The molecule has 0 aromatic carbocycles. The number of hydrogen-bond donors (Lipinski definition) is 8. The summed E-state index contributed by atoms with van der Waals surface area (Å²) in [5.74, 6) is 0. The highest BCUT2D eigenvalue weighted by molar-refractivity contribution is 4.93. The van der Waals surface area contributed by atoms with Crippen LogP contribution < -0.4 is 5.73 Å². The van der Waals surface area contributed by atoms with Crippen LogP contribution in [0.25, 0.3) is 0 Å². The lowest BCUT2D eigenvalue weighted by atomic mass is 9.97. The highest BCUT2D eigenvalue weighted by atomic mass is 16.8. The number of hydrogen-bond acceptors (Lipinski definition) is 12. The van der Waals surface area contributed by atoms with Crippen molar-refractivity contribution in [2.45, 2.75) is 80.7 Å². The number of unbranched alkanes of at least 4 members (excludes halogenated alkanes) is 2. The van der Waals surface area contributed by atoms with Crippen molar-refractivity contribution in [3.63, 3.8) is 0 Å². The van der Waals surface area contributed by atoms with Crippen molar-refractivity contribution in [1.82, 2.24) is 0 Å². The first-order valence-corrected chi connectivity index (χ1v) is 9.75. The maximum atomic E-state index is 10.4. The second-order valence-electron chi connectivity index (χ2n) is 7.22. The number of aliphatic hydroxyl groups is 7. The molecule has 0 saturated carbocycles. The lowest BCUT2D eigenvalue weighted by Gasteiger charge is -2.45. The Labute approximate surface area is 168 Å². The van der Waals surface area contributed by atoms with Crippen LogP contribution in [0.2, 0.25) is 0 Å². The van der Waals surface area contributed by atoms with Gasteiger partial charge in [-0.2, -0.15) is 0 Å². The first kappa shape index (κ1) is 24.8. The first-order valence-electron chi connectivity index (χ1n) is 9.75. The van der Waals surface area contributed by atoms with Gasteiger partial charge in [0.25, 0.3) is 0 Å². The third-order valence-electron chi connectivity index (χ3n) is 5.09. The predicted octanol–water partition coefficient (Wildman–Crippen LogP) is -4.24. The maximum Gasteiger partial charge on any atom is 0.187 e. The zero-order valence-electron chi connectivity index (χ0n) is 16.1. The van der Waals surface area contributed by atoms with E-state index >= 15 is 0 Å². The van der Waals surface area contributed by atoms with Gasteiger partial charge in [-0.25, -0.2) is 0 Å². The fourth-order valence-corrected chi connectivity index (χ4v) is 3.29.